The first kappa shape index (κ1) is 7.29. The Morgan fingerprint density at radius 1 is 1.60 bits per heavy atom. The molecule has 1 nitrogen and oxygen atoms in total. The van der Waals surface area contributed by atoms with Crippen molar-refractivity contribution in [2.45, 2.75) is 6.92 Å². The second-order valence-electron chi connectivity index (χ2n) is 1.91. The summed E-state index contributed by atoms with van der Waals surface area (Å²) in [6, 6.07) is 3.73. The van der Waals surface area contributed by atoms with Gasteiger partial charge in [-0.25, -0.2) is 4.98 Å². The van der Waals surface area contributed by atoms with Gasteiger partial charge in [0, 0.05) is 6.20 Å². The summed E-state index contributed by atoms with van der Waals surface area (Å²) in [5.41, 5.74) is 1.09. The highest BCUT2D eigenvalue weighted by Crippen LogP contribution is 2.07. The summed E-state index contributed by atoms with van der Waals surface area (Å²) in [6.45, 7) is 1.97. The first-order valence-electron chi connectivity index (χ1n) is 3.07. The van der Waals surface area contributed by atoms with Crippen molar-refractivity contribution >= 4 is 17.7 Å². The van der Waals surface area contributed by atoms with Crippen LogP contribution < -0.4 is 0 Å². The zero-order chi connectivity index (χ0) is 7.40. The number of nitrogens with zero attached hydrogens (tertiary/aromatic N) is 1. The number of hydrogen-bond acceptors (Lipinski definition) is 1. The summed E-state index contributed by atoms with van der Waals surface area (Å²) in [4.78, 5) is 3.85. The molecule has 0 aliphatic rings. The van der Waals surface area contributed by atoms with Gasteiger partial charge in [0.15, 0.2) is 0 Å². The minimum atomic E-state index is 0.538. The van der Waals surface area contributed by atoms with Crippen LogP contribution in [0.5, 0.6) is 0 Å². The molecule has 0 atom stereocenters. The molecule has 52 valence electrons. The fourth-order valence-corrected chi connectivity index (χ4v) is 0.896. The Hall–Kier alpha value is -0.820. The lowest BCUT2D eigenvalue weighted by molar-refractivity contribution is 1.32. The minimum absolute atomic E-state index is 0.538. The summed E-state index contributed by atoms with van der Waals surface area (Å²) in [5.74, 6) is 0. The van der Waals surface area contributed by atoms with Gasteiger partial charge in [-0.1, -0.05) is 23.8 Å². The number of aromatic nitrogens is 1. The average molecular weight is 154 g/mol. The van der Waals surface area contributed by atoms with E-state index in [1.165, 1.54) is 0 Å². The third kappa shape index (κ3) is 1.85. The maximum absolute atomic E-state index is 5.64. The van der Waals surface area contributed by atoms with Crippen LogP contribution in [-0.2, 0) is 0 Å². The summed E-state index contributed by atoms with van der Waals surface area (Å²) in [6.07, 6.45) is 5.64. The van der Waals surface area contributed by atoms with Gasteiger partial charge in [0.25, 0.3) is 0 Å². The lowest BCUT2D eigenvalue weighted by atomic mass is 10.2. The van der Waals surface area contributed by atoms with E-state index in [2.05, 4.69) is 4.98 Å². The highest BCUT2D eigenvalue weighted by Gasteiger charge is 1.87. The Morgan fingerprint density at radius 2 is 2.40 bits per heavy atom. The van der Waals surface area contributed by atoms with Crippen molar-refractivity contribution in [1.82, 2.24) is 4.98 Å². The molecule has 1 aromatic rings. The van der Waals surface area contributed by atoms with Crippen molar-refractivity contribution in [1.29, 1.82) is 0 Å². The molecule has 1 rings (SSSR count). The van der Waals surface area contributed by atoms with Gasteiger partial charge in [0.1, 0.15) is 5.15 Å². The number of allylic oxidation sites excluding steroid dienone is 1. The van der Waals surface area contributed by atoms with Crippen LogP contribution in [0.15, 0.2) is 24.4 Å². The SMILES string of the molecule is C/C=C/c1ccnc(Cl)c1. The average Bonchev–Trinajstić information content (AvgIpc) is 1.88. The highest BCUT2D eigenvalue weighted by atomic mass is 35.5. The molecule has 0 spiro atoms. The van der Waals surface area contributed by atoms with E-state index in [0.29, 0.717) is 5.15 Å². The van der Waals surface area contributed by atoms with Gasteiger partial charge >= 0.3 is 0 Å². The molecular formula is C8H8ClN. The van der Waals surface area contributed by atoms with Gasteiger partial charge in [0.05, 0.1) is 0 Å². The molecule has 0 aromatic carbocycles. The molecule has 0 bridgehead atoms. The number of hydrogen-bond donors (Lipinski definition) is 0. The van der Waals surface area contributed by atoms with E-state index in [0.717, 1.165) is 5.56 Å². The van der Waals surface area contributed by atoms with Crippen LogP contribution in [0.1, 0.15) is 12.5 Å². The van der Waals surface area contributed by atoms with Crippen LogP contribution in [0.2, 0.25) is 5.15 Å². The Bertz CT molecular complexity index is 243. The lowest BCUT2D eigenvalue weighted by Crippen LogP contribution is -1.74. The first-order valence-corrected chi connectivity index (χ1v) is 3.45. The van der Waals surface area contributed by atoms with Crippen LogP contribution in [0, 0.1) is 0 Å². The standard InChI is InChI=1S/C8H8ClN/c1-2-3-7-4-5-10-8(9)6-7/h2-6H,1H3/b3-2+. The van der Waals surface area contributed by atoms with E-state index in [4.69, 9.17) is 11.6 Å². The third-order valence-electron chi connectivity index (χ3n) is 1.11. The van der Waals surface area contributed by atoms with Crippen LogP contribution in [0.3, 0.4) is 0 Å². The molecule has 0 saturated carbocycles. The maximum atomic E-state index is 5.64. The first-order chi connectivity index (χ1) is 4.83. The minimum Gasteiger partial charge on any atom is -0.245 e. The molecule has 0 aliphatic heterocycles. The smallest absolute Gasteiger partial charge is 0.129 e. The molecule has 0 radical (unpaired) electrons. The Labute approximate surface area is 65.4 Å². The van der Waals surface area contributed by atoms with Crippen molar-refractivity contribution in [3.63, 3.8) is 0 Å². The van der Waals surface area contributed by atoms with Crippen molar-refractivity contribution in [2.75, 3.05) is 0 Å². The van der Waals surface area contributed by atoms with E-state index in [1.807, 2.05) is 31.2 Å². The van der Waals surface area contributed by atoms with E-state index < -0.39 is 0 Å². The molecular weight excluding hydrogens is 146 g/mol. The fraction of sp³-hybridized carbons (Fsp3) is 0.125. The molecule has 0 N–H and O–H groups in total. The molecule has 2 heteroatoms. The maximum Gasteiger partial charge on any atom is 0.129 e. The normalized spacial score (nSPS) is 10.6. The van der Waals surface area contributed by atoms with E-state index in [1.54, 1.807) is 6.20 Å². The summed E-state index contributed by atoms with van der Waals surface area (Å²) in [7, 11) is 0. The third-order valence-corrected chi connectivity index (χ3v) is 1.32. The number of halogens is 1. The summed E-state index contributed by atoms with van der Waals surface area (Å²) in [5, 5.41) is 0.538. The fourth-order valence-electron chi connectivity index (χ4n) is 0.714. The molecule has 0 saturated heterocycles. The number of rotatable bonds is 1. The summed E-state index contributed by atoms with van der Waals surface area (Å²) >= 11 is 5.64. The largest absolute Gasteiger partial charge is 0.245 e. The van der Waals surface area contributed by atoms with Crippen molar-refractivity contribution in [2.24, 2.45) is 0 Å². The van der Waals surface area contributed by atoms with Gasteiger partial charge in [-0.15, -0.1) is 0 Å². The van der Waals surface area contributed by atoms with E-state index in [9.17, 15) is 0 Å². The Kier molecular flexibility index (Phi) is 2.46. The van der Waals surface area contributed by atoms with Crippen LogP contribution in [0.25, 0.3) is 6.08 Å². The quantitative estimate of drug-likeness (QED) is 0.566. The highest BCUT2D eigenvalue weighted by molar-refractivity contribution is 6.29. The van der Waals surface area contributed by atoms with Gasteiger partial charge in [-0.2, -0.15) is 0 Å². The van der Waals surface area contributed by atoms with Crippen LogP contribution in [0.4, 0.5) is 0 Å². The molecule has 1 aromatic heterocycles. The number of pyridine rings is 1. The topological polar surface area (TPSA) is 12.9 Å². The van der Waals surface area contributed by atoms with Gasteiger partial charge in [0.2, 0.25) is 0 Å². The van der Waals surface area contributed by atoms with E-state index >= 15 is 0 Å². The second kappa shape index (κ2) is 3.37. The lowest BCUT2D eigenvalue weighted by Gasteiger charge is -1.90. The molecule has 10 heavy (non-hydrogen) atoms. The monoisotopic (exact) mass is 153 g/mol. The Balaban J connectivity index is 2.95. The predicted octanol–water partition coefficient (Wildman–Crippen LogP) is 2.77. The second-order valence-corrected chi connectivity index (χ2v) is 2.30. The molecule has 1 heterocycles. The summed E-state index contributed by atoms with van der Waals surface area (Å²) < 4.78 is 0. The van der Waals surface area contributed by atoms with Crippen LogP contribution >= 0.6 is 11.6 Å². The van der Waals surface area contributed by atoms with Gasteiger partial charge < -0.3 is 0 Å². The van der Waals surface area contributed by atoms with Crippen LogP contribution in [-0.4, -0.2) is 4.98 Å². The van der Waals surface area contributed by atoms with Crippen molar-refractivity contribution in [3.8, 4) is 0 Å². The van der Waals surface area contributed by atoms with Crippen molar-refractivity contribution < 1.29 is 0 Å². The molecule has 0 amide bonds. The van der Waals surface area contributed by atoms with Gasteiger partial charge in [-0.05, 0) is 24.6 Å². The zero-order valence-corrected chi connectivity index (χ0v) is 6.47. The van der Waals surface area contributed by atoms with Crippen molar-refractivity contribution in [3.05, 3.63) is 35.1 Å². The zero-order valence-electron chi connectivity index (χ0n) is 5.71. The Morgan fingerprint density at radius 3 is 3.00 bits per heavy atom. The molecule has 0 unspecified atom stereocenters. The molecule has 0 fully saturated rings. The molecule has 0 aliphatic carbocycles. The predicted molar refractivity (Wildman–Crippen MR) is 44.0 cm³/mol. The van der Waals surface area contributed by atoms with E-state index in [-0.39, 0.29) is 0 Å². The van der Waals surface area contributed by atoms with Gasteiger partial charge in [-0.3, -0.25) is 0 Å².